The first kappa shape index (κ1) is 11.7. The molecule has 7 heteroatoms. The monoisotopic (exact) mass is 234 g/mol. The van der Waals surface area contributed by atoms with Gasteiger partial charge in [-0.05, 0) is 12.1 Å². The highest BCUT2D eigenvalue weighted by atomic mass is 32.2. The molecule has 0 spiro atoms. The quantitative estimate of drug-likeness (QED) is 0.825. The molecule has 0 saturated heterocycles. The summed E-state index contributed by atoms with van der Waals surface area (Å²) in [6, 6.07) is 3.45. The number of nitrogens with zero attached hydrogens (tertiary/aromatic N) is 1. The fourth-order valence-corrected chi connectivity index (χ4v) is 1.43. The Morgan fingerprint density at radius 3 is 2.47 bits per heavy atom. The smallest absolute Gasteiger partial charge is 0.375 e. The molecule has 0 heterocycles. The van der Waals surface area contributed by atoms with Crippen LogP contribution in [0.4, 0.5) is 10.1 Å². The molecule has 1 rings (SSSR count). The van der Waals surface area contributed by atoms with E-state index in [1.807, 2.05) is 0 Å². The molecular weight excluding hydrogens is 223 g/mol. The first-order chi connectivity index (χ1) is 6.79. The van der Waals surface area contributed by atoms with Gasteiger partial charge >= 0.3 is 10.3 Å². The van der Waals surface area contributed by atoms with Crippen molar-refractivity contribution in [3.05, 3.63) is 24.0 Å². The molecule has 0 aliphatic rings. The summed E-state index contributed by atoms with van der Waals surface area (Å²) in [5.74, 6) is -0.496. The largest absolute Gasteiger partial charge is 0.380 e. The van der Waals surface area contributed by atoms with Crippen LogP contribution in [-0.2, 0) is 10.3 Å². The Kier molecular flexibility index (Phi) is 3.15. The van der Waals surface area contributed by atoms with Gasteiger partial charge in [-0.25, -0.2) is 4.39 Å². The third-order valence-electron chi connectivity index (χ3n) is 1.61. The molecule has 2 N–H and O–H groups in total. The maximum absolute atomic E-state index is 12.9. The predicted octanol–water partition coefficient (Wildman–Crippen LogP) is 0.474. The van der Waals surface area contributed by atoms with E-state index in [1.165, 1.54) is 11.0 Å². The molecule has 0 aliphatic heterocycles. The lowest BCUT2D eigenvalue weighted by Gasteiger charge is -2.16. The number of anilines is 1. The van der Waals surface area contributed by atoms with Crippen molar-refractivity contribution in [1.29, 1.82) is 0 Å². The number of benzene rings is 1. The number of hydrogen-bond donors (Lipinski definition) is 1. The Balaban J connectivity index is 3.18. The number of rotatable bonds is 3. The zero-order valence-electron chi connectivity index (χ0n) is 8.27. The molecule has 15 heavy (non-hydrogen) atoms. The normalized spacial score (nSPS) is 11.2. The summed E-state index contributed by atoms with van der Waals surface area (Å²) in [5, 5.41) is 4.71. The molecule has 0 atom stereocenters. The maximum Gasteiger partial charge on any atom is 0.380 e. The van der Waals surface area contributed by atoms with Gasteiger partial charge in [0, 0.05) is 20.2 Å². The zero-order chi connectivity index (χ0) is 11.6. The molecule has 0 unspecified atom stereocenters. The average molecular weight is 234 g/mol. The minimum Gasteiger partial charge on any atom is -0.375 e. The lowest BCUT2D eigenvalue weighted by Crippen LogP contribution is -2.21. The minimum atomic E-state index is -4.10. The van der Waals surface area contributed by atoms with E-state index in [1.54, 1.807) is 14.1 Å². The lowest BCUT2D eigenvalue weighted by molar-refractivity contribution is 0.486. The standard InChI is InChI=1S/C8H11FN2O3S/c1-11(2)7-5-6(9)3-4-8(7)14-15(10,12)13/h3-5H,1-2H3,(H2,10,12,13). The van der Waals surface area contributed by atoms with Gasteiger partial charge in [-0.3, -0.25) is 0 Å². The van der Waals surface area contributed by atoms with Crippen LogP contribution in [0.2, 0.25) is 0 Å². The predicted molar refractivity (Wildman–Crippen MR) is 54.5 cm³/mol. The summed E-state index contributed by atoms with van der Waals surface area (Å²) >= 11 is 0. The van der Waals surface area contributed by atoms with Crippen molar-refractivity contribution < 1.29 is 17.0 Å². The van der Waals surface area contributed by atoms with Crippen molar-refractivity contribution in [2.24, 2.45) is 5.14 Å². The van der Waals surface area contributed by atoms with Crippen LogP contribution in [0.15, 0.2) is 18.2 Å². The molecule has 1 aromatic carbocycles. The van der Waals surface area contributed by atoms with Gasteiger partial charge in [0.2, 0.25) is 0 Å². The molecule has 0 radical (unpaired) electrons. The number of hydrogen-bond acceptors (Lipinski definition) is 4. The van der Waals surface area contributed by atoms with Crippen LogP contribution in [0.3, 0.4) is 0 Å². The van der Waals surface area contributed by atoms with Crippen LogP contribution in [0.5, 0.6) is 5.75 Å². The zero-order valence-corrected chi connectivity index (χ0v) is 9.08. The summed E-state index contributed by atoms with van der Waals surface area (Å²) in [5.41, 5.74) is 0.295. The van der Waals surface area contributed by atoms with E-state index in [2.05, 4.69) is 4.18 Å². The van der Waals surface area contributed by atoms with Crippen molar-refractivity contribution in [3.8, 4) is 5.75 Å². The highest BCUT2D eigenvalue weighted by Crippen LogP contribution is 2.28. The van der Waals surface area contributed by atoms with Crippen LogP contribution in [0.1, 0.15) is 0 Å². The molecule has 5 nitrogen and oxygen atoms in total. The summed E-state index contributed by atoms with van der Waals surface area (Å²) in [4.78, 5) is 1.52. The van der Waals surface area contributed by atoms with Crippen molar-refractivity contribution >= 4 is 16.0 Å². The molecule has 0 fully saturated rings. The van der Waals surface area contributed by atoms with E-state index in [9.17, 15) is 12.8 Å². The summed E-state index contributed by atoms with van der Waals surface area (Å²) < 4.78 is 38.8. The van der Waals surface area contributed by atoms with Crippen LogP contribution in [0.25, 0.3) is 0 Å². The Morgan fingerprint density at radius 1 is 1.40 bits per heavy atom. The fourth-order valence-electron chi connectivity index (χ4n) is 1.04. The van der Waals surface area contributed by atoms with Crippen LogP contribution < -0.4 is 14.2 Å². The minimum absolute atomic E-state index is 0.0103. The topological polar surface area (TPSA) is 72.6 Å². The second-order valence-electron chi connectivity index (χ2n) is 3.08. The first-order valence-electron chi connectivity index (χ1n) is 3.98. The molecule has 84 valence electrons. The first-order valence-corrected chi connectivity index (χ1v) is 5.46. The van der Waals surface area contributed by atoms with Gasteiger partial charge < -0.3 is 9.08 Å². The second kappa shape index (κ2) is 4.03. The molecule has 0 amide bonds. The van der Waals surface area contributed by atoms with Gasteiger partial charge in [0.1, 0.15) is 5.82 Å². The van der Waals surface area contributed by atoms with Crippen molar-refractivity contribution in [2.45, 2.75) is 0 Å². The molecule has 1 aromatic rings. The van der Waals surface area contributed by atoms with E-state index in [0.29, 0.717) is 5.69 Å². The Bertz CT molecular complexity index is 459. The Labute approximate surface area is 87.5 Å². The molecule has 0 bridgehead atoms. The third kappa shape index (κ3) is 3.37. The number of nitrogens with two attached hydrogens (primary N) is 1. The Hall–Kier alpha value is -1.34. The van der Waals surface area contributed by atoms with Gasteiger partial charge in [0.25, 0.3) is 0 Å². The third-order valence-corrected chi connectivity index (χ3v) is 2.02. The SMILES string of the molecule is CN(C)c1cc(F)ccc1OS(N)(=O)=O. The van der Waals surface area contributed by atoms with Gasteiger partial charge in [0.15, 0.2) is 5.75 Å². The lowest BCUT2D eigenvalue weighted by atomic mass is 10.3. The average Bonchev–Trinajstić information content (AvgIpc) is 2.05. The summed E-state index contributed by atoms with van der Waals surface area (Å²) in [7, 11) is -0.836. The van der Waals surface area contributed by atoms with E-state index in [4.69, 9.17) is 5.14 Å². The maximum atomic E-state index is 12.9. The van der Waals surface area contributed by atoms with Crippen molar-refractivity contribution in [1.82, 2.24) is 0 Å². The van der Waals surface area contributed by atoms with E-state index < -0.39 is 16.1 Å². The van der Waals surface area contributed by atoms with Crippen LogP contribution in [-0.4, -0.2) is 22.5 Å². The summed E-state index contributed by atoms with van der Waals surface area (Å²) in [6.07, 6.45) is 0. The molecule has 0 saturated carbocycles. The van der Waals surface area contributed by atoms with Gasteiger partial charge in [-0.15, -0.1) is 0 Å². The van der Waals surface area contributed by atoms with E-state index in [-0.39, 0.29) is 5.75 Å². The molecule has 0 aromatic heterocycles. The van der Waals surface area contributed by atoms with E-state index in [0.717, 1.165) is 12.1 Å². The van der Waals surface area contributed by atoms with Gasteiger partial charge in [0.05, 0.1) is 5.69 Å². The highest BCUT2D eigenvalue weighted by molar-refractivity contribution is 7.84. The van der Waals surface area contributed by atoms with Crippen molar-refractivity contribution in [3.63, 3.8) is 0 Å². The van der Waals surface area contributed by atoms with E-state index >= 15 is 0 Å². The molecular formula is C8H11FN2O3S. The Morgan fingerprint density at radius 2 is 2.00 bits per heavy atom. The van der Waals surface area contributed by atoms with Crippen LogP contribution in [0, 0.1) is 5.82 Å². The van der Waals surface area contributed by atoms with Crippen LogP contribution >= 0.6 is 0 Å². The molecule has 0 aliphatic carbocycles. The van der Waals surface area contributed by atoms with Gasteiger partial charge in [-0.1, -0.05) is 0 Å². The summed E-state index contributed by atoms with van der Waals surface area (Å²) in [6.45, 7) is 0. The second-order valence-corrected chi connectivity index (χ2v) is 4.23. The van der Waals surface area contributed by atoms with Gasteiger partial charge in [-0.2, -0.15) is 13.6 Å². The number of halogens is 1. The fraction of sp³-hybridized carbons (Fsp3) is 0.250. The highest BCUT2D eigenvalue weighted by Gasteiger charge is 2.12. The van der Waals surface area contributed by atoms with Crippen molar-refractivity contribution in [2.75, 3.05) is 19.0 Å².